The van der Waals surface area contributed by atoms with E-state index in [1.165, 1.54) is 0 Å². The molecule has 2 amide bonds. The Kier molecular flexibility index (Phi) is 8.33. The van der Waals surface area contributed by atoms with Gasteiger partial charge >= 0.3 is 0 Å². The van der Waals surface area contributed by atoms with E-state index in [1.807, 2.05) is 53.4 Å². The minimum atomic E-state index is -0.181. The van der Waals surface area contributed by atoms with Gasteiger partial charge in [0.1, 0.15) is 5.75 Å². The lowest BCUT2D eigenvalue weighted by molar-refractivity contribution is -0.113. The van der Waals surface area contributed by atoms with Gasteiger partial charge in [0, 0.05) is 48.1 Å². The van der Waals surface area contributed by atoms with Gasteiger partial charge in [-0.05, 0) is 60.7 Å². The summed E-state index contributed by atoms with van der Waals surface area (Å²) in [5.41, 5.74) is 3.07. The normalized spacial score (nSPS) is 13.3. The van der Waals surface area contributed by atoms with Crippen LogP contribution in [0.5, 0.6) is 5.75 Å². The minimum Gasteiger partial charge on any atom is -0.496 e. The van der Waals surface area contributed by atoms with Crippen LogP contribution in [0.25, 0.3) is 11.5 Å². The van der Waals surface area contributed by atoms with E-state index in [4.69, 9.17) is 20.8 Å². The average molecular weight is 564 g/mol. The van der Waals surface area contributed by atoms with Crippen molar-refractivity contribution in [2.45, 2.75) is 5.22 Å². The summed E-state index contributed by atoms with van der Waals surface area (Å²) >= 11 is 7.09. The van der Waals surface area contributed by atoms with Crippen LogP contribution in [0.4, 0.5) is 11.4 Å². The fraction of sp³-hybridized carbons (Fsp3) is 0.214. The van der Waals surface area contributed by atoms with Gasteiger partial charge in [0.05, 0.1) is 18.4 Å². The van der Waals surface area contributed by atoms with E-state index in [2.05, 4.69) is 20.4 Å². The zero-order valence-corrected chi connectivity index (χ0v) is 22.7. The number of ether oxygens (including phenoxy) is 1. The van der Waals surface area contributed by atoms with Gasteiger partial charge in [0.2, 0.25) is 5.91 Å². The van der Waals surface area contributed by atoms with E-state index in [9.17, 15) is 9.59 Å². The Labute approximate surface area is 235 Å². The van der Waals surface area contributed by atoms with Gasteiger partial charge in [-0.25, -0.2) is 0 Å². The highest BCUT2D eigenvalue weighted by Gasteiger charge is 2.22. The Balaban J connectivity index is 1.09. The molecule has 1 aromatic heterocycles. The number of piperazine rings is 1. The molecular weight excluding hydrogens is 538 g/mol. The summed E-state index contributed by atoms with van der Waals surface area (Å²) in [5, 5.41) is 11.9. The molecule has 3 aromatic carbocycles. The number of amides is 2. The second-order valence-corrected chi connectivity index (χ2v) is 10.1. The van der Waals surface area contributed by atoms with Gasteiger partial charge in [-0.2, -0.15) is 0 Å². The van der Waals surface area contributed by atoms with Crippen LogP contribution >= 0.6 is 23.4 Å². The first-order valence-electron chi connectivity index (χ1n) is 12.3. The van der Waals surface area contributed by atoms with Crippen LogP contribution in [0.3, 0.4) is 0 Å². The SMILES string of the molecule is COc1ccccc1-c1nnc(SCC(=O)Nc2ccc(N3CCN(C(=O)c4ccc(Cl)cc4)CC3)cc2)o1. The molecule has 4 aromatic rings. The molecule has 1 aliphatic heterocycles. The molecule has 0 aliphatic carbocycles. The van der Waals surface area contributed by atoms with Crippen LogP contribution in [0.2, 0.25) is 5.02 Å². The zero-order chi connectivity index (χ0) is 27.2. The van der Waals surface area contributed by atoms with Gasteiger partial charge in [-0.1, -0.05) is 35.5 Å². The highest BCUT2D eigenvalue weighted by Crippen LogP contribution is 2.30. The van der Waals surface area contributed by atoms with Crippen molar-refractivity contribution in [3.8, 4) is 17.2 Å². The van der Waals surface area contributed by atoms with Gasteiger partial charge in [0.25, 0.3) is 17.0 Å². The molecule has 5 rings (SSSR count). The van der Waals surface area contributed by atoms with Crippen molar-refractivity contribution in [3.63, 3.8) is 0 Å². The van der Waals surface area contributed by atoms with Gasteiger partial charge < -0.3 is 24.3 Å². The number of benzene rings is 3. The quantitative estimate of drug-likeness (QED) is 0.296. The summed E-state index contributed by atoms with van der Waals surface area (Å²) in [5.74, 6) is 0.921. The summed E-state index contributed by atoms with van der Waals surface area (Å²) in [6, 6.07) is 22.0. The third-order valence-corrected chi connectivity index (χ3v) is 7.32. The summed E-state index contributed by atoms with van der Waals surface area (Å²) in [6.45, 7) is 2.71. The molecule has 1 aliphatic rings. The van der Waals surface area contributed by atoms with E-state index >= 15 is 0 Å². The standard InChI is InChI=1S/C28H26ClN5O4S/c1-37-24-5-3-2-4-23(24)26-31-32-28(38-26)39-18-25(35)30-21-10-12-22(13-11-21)33-14-16-34(17-15-33)27(36)19-6-8-20(29)9-7-19/h2-13H,14-18H2,1H3,(H,30,35). The first-order valence-corrected chi connectivity index (χ1v) is 13.7. The number of aromatic nitrogens is 2. The van der Waals surface area contributed by atoms with E-state index < -0.39 is 0 Å². The van der Waals surface area contributed by atoms with Crippen LogP contribution in [0, 0.1) is 0 Å². The number of hydrogen-bond donors (Lipinski definition) is 1. The van der Waals surface area contributed by atoms with Crippen molar-refractivity contribution >= 4 is 46.6 Å². The fourth-order valence-corrected chi connectivity index (χ4v) is 4.91. The van der Waals surface area contributed by atoms with Crippen molar-refractivity contribution in [1.82, 2.24) is 15.1 Å². The largest absolute Gasteiger partial charge is 0.496 e. The maximum atomic E-state index is 12.7. The van der Waals surface area contributed by atoms with Crippen LogP contribution in [0.1, 0.15) is 10.4 Å². The predicted octanol–water partition coefficient (Wildman–Crippen LogP) is 5.09. The molecule has 2 heterocycles. The third kappa shape index (κ3) is 6.52. The minimum absolute atomic E-state index is 0.0128. The van der Waals surface area contributed by atoms with Gasteiger partial charge in [-0.15, -0.1) is 10.2 Å². The van der Waals surface area contributed by atoms with E-state index in [0.29, 0.717) is 51.8 Å². The molecule has 0 bridgehead atoms. The van der Waals surface area contributed by atoms with Crippen molar-refractivity contribution in [2.75, 3.05) is 49.3 Å². The molecule has 200 valence electrons. The third-order valence-electron chi connectivity index (χ3n) is 6.24. The number of rotatable bonds is 8. The molecule has 0 radical (unpaired) electrons. The van der Waals surface area contributed by atoms with Gasteiger partial charge in [-0.3, -0.25) is 9.59 Å². The summed E-state index contributed by atoms with van der Waals surface area (Å²) in [6.07, 6.45) is 0. The number of nitrogens with one attached hydrogen (secondary N) is 1. The highest BCUT2D eigenvalue weighted by atomic mass is 35.5. The highest BCUT2D eigenvalue weighted by molar-refractivity contribution is 7.99. The maximum Gasteiger partial charge on any atom is 0.277 e. The van der Waals surface area contributed by atoms with Crippen LogP contribution < -0.4 is 15.0 Å². The first kappa shape index (κ1) is 26.6. The van der Waals surface area contributed by atoms with Crippen molar-refractivity contribution < 1.29 is 18.7 Å². The maximum absolute atomic E-state index is 12.7. The molecule has 1 N–H and O–H groups in total. The Bertz CT molecular complexity index is 1440. The van der Waals surface area contributed by atoms with E-state index in [-0.39, 0.29) is 17.6 Å². The number of halogens is 1. The molecule has 0 unspecified atom stereocenters. The molecule has 0 saturated carbocycles. The molecule has 1 saturated heterocycles. The van der Waals surface area contributed by atoms with E-state index in [0.717, 1.165) is 30.5 Å². The second-order valence-electron chi connectivity index (χ2n) is 8.74. The molecule has 9 nitrogen and oxygen atoms in total. The second kappa shape index (κ2) is 12.2. The number of nitrogens with zero attached hydrogens (tertiary/aromatic N) is 4. The lowest BCUT2D eigenvalue weighted by atomic mass is 10.1. The lowest BCUT2D eigenvalue weighted by Crippen LogP contribution is -2.48. The Morgan fingerprint density at radius 1 is 0.974 bits per heavy atom. The number of hydrogen-bond acceptors (Lipinski definition) is 8. The molecule has 11 heteroatoms. The molecule has 0 atom stereocenters. The van der Waals surface area contributed by atoms with Crippen molar-refractivity contribution in [1.29, 1.82) is 0 Å². The topological polar surface area (TPSA) is 101 Å². The Morgan fingerprint density at radius 3 is 2.41 bits per heavy atom. The van der Waals surface area contributed by atoms with Crippen molar-refractivity contribution in [2.24, 2.45) is 0 Å². The number of para-hydroxylation sites is 1. The monoisotopic (exact) mass is 563 g/mol. The number of thioether (sulfide) groups is 1. The van der Waals surface area contributed by atoms with Crippen molar-refractivity contribution in [3.05, 3.63) is 83.4 Å². The molecule has 1 fully saturated rings. The number of carbonyl (C=O) groups excluding carboxylic acids is 2. The Morgan fingerprint density at radius 2 is 1.69 bits per heavy atom. The number of methoxy groups -OCH3 is 1. The average Bonchev–Trinajstić information content (AvgIpc) is 3.46. The predicted molar refractivity (Wildman–Crippen MR) is 152 cm³/mol. The Hall–Kier alpha value is -4.02. The molecular formula is C28H26ClN5O4S. The van der Waals surface area contributed by atoms with Crippen LogP contribution in [-0.4, -0.2) is 66.0 Å². The van der Waals surface area contributed by atoms with Gasteiger partial charge in [0.15, 0.2) is 0 Å². The first-order chi connectivity index (χ1) is 19.0. The number of anilines is 2. The summed E-state index contributed by atoms with van der Waals surface area (Å²) in [4.78, 5) is 29.3. The number of carbonyl (C=O) groups is 2. The zero-order valence-electron chi connectivity index (χ0n) is 21.2. The van der Waals surface area contributed by atoms with Crippen LogP contribution in [-0.2, 0) is 4.79 Å². The van der Waals surface area contributed by atoms with E-state index in [1.54, 1.807) is 31.4 Å². The smallest absolute Gasteiger partial charge is 0.277 e. The fourth-order valence-electron chi connectivity index (χ4n) is 4.22. The summed E-state index contributed by atoms with van der Waals surface area (Å²) < 4.78 is 11.0. The summed E-state index contributed by atoms with van der Waals surface area (Å²) in [7, 11) is 1.58. The lowest BCUT2D eigenvalue weighted by Gasteiger charge is -2.36. The molecule has 0 spiro atoms. The molecule has 39 heavy (non-hydrogen) atoms. The van der Waals surface area contributed by atoms with Crippen LogP contribution in [0.15, 0.2) is 82.4 Å².